The van der Waals surface area contributed by atoms with Crippen LogP contribution in [0.4, 0.5) is 0 Å². The van der Waals surface area contributed by atoms with Crippen molar-refractivity contribution in [2.24, 2.45) is 0 Å². The Hall–Kier alpha value is -3.03. The van der Waals surface area contributed by atoms with E-state index in [1.807, 2.05) is 18.2 Å². The molecule has 78 valence electrons. The molecule has 0 saturated carbocycles. The first kappa shape index (κ1) is 10.5. The van der Waals surface area contributed by atoms with Crippen molar-refractivity contribution in [1.29, 1.82) is 15.8 Å². The van der Waals surface area contributed by atoms with E-state index in [9.17, 15) is 5.11 Å². The monoisotopic (exact) mass is 219 g/mol. The van der Waals surface area contributed by atoms with Gasteiger partial charge in [0.1, 0.15) is 17.9 Å². The SMILES string of the molecule is N#Cc1cc(O)c2cccc(C#N)c2c1C#N. The number of nitriles is 3. The van der Waals surface area contributed by atoms with E-state index in [0.29, 0.717) is 10.8 Å². The number of phenols is 1. The molecule has 0 aliphatic rings. The molecule has 0 unspecified atom stereocenters. The number of benzene rings is 2. The largest absolute Gasteiger partial charge is 0.507 e. The lowest BCUT2D eigenvalue weighted by Crippen LogP contribution is -1.90. The van der Waals surface area contributed by atoms with Gasteiger partial charge in [-0.05, 0) is 12.1 Å². The van der Waals surface area contributed by atoms with Crippen molar-refractivity contribution in [2.75, 3.05) is 0 Å². The van der Waals surface area contributed by atoms with Gasteiger partial charge in [-0.1, -0.05) is 12.1 Å². The molecule has 0 radical (unpaired) electrons. The standard InChI is InChI=1S/C13H5N3O/c14-5-8-2-1-3-10-12(17)4-9(6-15)11(7-16)13(8)10/h1-4,17H. The predicted molar refractivity (Wildman–Crippen MR) is 59.8 cm³/mol. The van der Waals surface area contributed by atoms with Crippen molar-refractivity contribution in [3.05, 3.63) is 41.0 Å². The molecule has 0 aliphatic carbocycles. The summed E-state index contributed by atoms with van der Waals surface area (Å²) < 4.78 is 0. The van der Waals surface area contributed by atoms with Crippen molar-refractivity contribution in [3.63, 3.8) is 0 Å². The van der Waals surface area contributed by atoms with E-state index in [1.54, 1.807) is 18.2 Å². The van der Waals surface area contributed by atoms with E-state index < -0.39 is 0 Å². The fourth-order valence-electron chi connectivity index (χ4n) is 1.75. The molecule has 0 aliphatic heterocycles. The van der Waals surface area contributed by atoms with E-state index in [4.69, 9.17) is 15.8 Å². The normalized spacial score (nSPS) is 9.24. The summed E-state index contributed by atoms with van der Waals surface area (Å²) in [6.45, 7) is 0. The second kappa shape index (κ2) is 3.85. The minimum Gasteiger partial charge on any atom is -0.507 e. The zero-order valence-electron chi connectivity index (χ0n) is 8.60. The first-order valence-corrected chi connectivity index (χ1v) is 4.72. The van der Waals surface area contributed by atoms with Crippen LogP contribution < -0.4 is 0 Å². The molecule has 17 heavy (non-hydrogen) atoms. The van der Waals surface area contributed by atoms with Crippen LogP contribution in [-0.4, -0.2) is 5.11 Å². The summed E-state index contributed by atoms with van der Waals surface area (Å²) in [5, 5.41) is 37.4. The Balaban J connectivity index is 3.12. The lowest BCUT2D eigenvalue weighted by atomic mass is 9.96. The molecule has 0 amide bonds. The molecule has 4 heteroatoms. The van der Waals surface area contributed by atoms with Crippen LogP contribution in [0.15, 0.2) is 24.3 Å². The summed E-state index contributed by atoms with van der Waals surface area (Å²) in [5.41, 5.74) is 0.462. The fourth-order valence-corrected chi connectivity index (χ4v) is 1.75. The van der Waals surface area contributed by atoms with Crippen molar-refractivity contribution in [1.82, 2.24) is 0 Å². The molecule has 0 spiro atoms. The van der Waals surface area contributed by atoms with Gasteiger partial charge in [-0.2, -0.15) is 15.8 Å². The number of rotatable bonds is 0. The van der Waals surface area contributed by atoms with Crippen LogP contribution in [0.3, 0.4) is 0 Å². The third kappa shape index (κ3) is 1.44. The number of phenolic OH excluding ortho intramolecular Hbond substituents is 1. The van der Waals surface area contributed by atoms with E-state index in [2.05, 4.69) is 0 Å². The molecule has 0 heterocycles. The third-order valence-corrected chi connectivity index (χ3v) is 2.49. The van der Waals surface area contributed by atoms with Gasteiger partial charge in [0.05, 0.1) is 22.8 Å². The van der Waals surface area contributed by atoms with Crippen LogP contribution >= 0.6 is 0 Å². The molecular weight excluding hydrogens is 214 g/mol. The van der Waals surface area contributed by atoms with Gasteiger partial charge in [0.15, 0.2) is 0 Å². The van der Waals surface area contributed by atoms with Crippen molar-refractivity contribution >= 4 is 10.8 Å². The second-order valence-corrected chi connectivity index (χ2v) is 3.38. The number of fused-ring (bicyclic) bond motifs is 1. The molecule has 0 aromatic heterocycles. The minimum atomic E-state index is -0.104. The highest BCUT2D eigenvalue weighted by atomic mass is 16.3. The van der Waals surface area contributed by atoms with Gasteiger partial charge in [-0.25, -0.2) is 0 Å². The average Bonchev–Trinajstić information content (AvgIpc) is 2.37. The Morgan fingerprint density at radius 3 is 2.24 bits per heavy atom. The Labute approximate surface area is 97.2 Å². The zero-order chi connectivity index (χ0) is 12.4. The summed E-state index contributed by atoms with van der Waals surface area (Å²) in [6.07, 6.45) is 0. The Kier molecular flexibility index (Phi) is 2.37. The summed E-state index contributed by atoms with van der Waals surface area (Å²) in [7, 11) is 0. The number of nitrogens with zero attached hydrogens (tertiary/aromatic N) is 3. The molecule has 4 nitrogen and oxygen atoms in total. The Morgan fingerprint density at radius 2 is 1.65 bits per heavy atom. The predicted octanol–water partition coefficient (Wildman–Crippen LogP) is 2.16. The maximum absolute atomic E-state index is 9.75. The lowest BCUT2D eigenvalue weighted by molar-refractivity contribution is 0.481. The Bertz CT molecular complexity index is 742. The van der Waals surface area contributed by atoms with E-state index in [1.165, 1.54) is 6.07 Å². The second-order valence-electron chi connectivity index (χ2n) is 3.38. The van der Waals surface area contributed by atoms with Gasteiger partial charge >= 0.3 is 0 Å². The van der Waals surface area contributed by atoms with Crippen LogP contribution in [0.25, 0.3) is 10.8 Å². The van der Waals surface area contributed by atoms with Crippen LogP contribution in [0, 0.1) is 34.0 Å². The van der Waals surface area contributed by atoms with Gasteiger partial charge < -0.3 is 5.11 Å². The summed E-state index contributed by atoms with van der Waals surface area (Å²) in [4.78, 5) is 0. The summed E-state index contributed by atoms with van der Waals surface area (Å²) in [5.74, 6) is -0.104. The molecule has 1 N–H and O–H groups in total. The highest BCUT2D eigenvalue weighted by Crippen LogP contribution is 2.32. The quantitative estimate of drug-likeness (QED) is 0.734. The summed E-state index contributed by atoms with van der Waals surface area (Å²) in [6, 6.07) is 11.7. The molecular formula is C13H5N3O. The molecule has 0 saturated heterocycles. The van der Waals surface area contributed by atoms with E-state index in [0.717, 1.165) is 0 Å². The van der Waals surface area contributed by atoms with E-state index >= 15 is 0 Å². The van der Waals surface area contributed by atoms with Crippen LogP contribution in [0.1, 0.15) is 16.7 Å². The van der Waals surface area contributed by atoms with Gasteiger partial charge in [-0.15, -0.1) is 0 Å². The fraction of sp³-hybridized carbons (Fsp3) is 0. The third-order valence-electron chi connectivity index (χ3n) is 2.49. The highest BCUT2D eigenvalue weighted by Gasteiger charge is 2.14. The van der Waals surface area contributed by atoms with Crippen LogP contribution in [0.2, 0.25) is 0 Å². The minimum absolute atomic E-state index is 0.0696. The molecule has 0 fully saturated rings. The Morgan fingerprint density at radius 1 is 0.941 bits per heavy atom. The highest BCUT2D eigenvalue weighted by molar-refractivity contribution is 5.98. The molecule has 2 aromatic rings. The smallest absolute Gasteiger partial charge is 0.124 e. The topological polar surface area (TPSA) is 91.6 Å². The van der Waals surface area contributed by atoms with E-state index in [-0.39, 0.29) is 22.4 Å². The van der Waals surface area contributed by atoms with Crippen LogP contribution in [-0.2, 0) is 0 Å². The lowest BCUT2D eigenvalue weighted by Gasteiger charge is -2.06. The molecule has 2 rings (SSSR count). The zero-order valence-corrected chi connectivity index (χ0v) is 8.60. The maximum Gasteiger partial charge on any atom is 0.124 e. The van der Waals surface area contributed by atoms with Crippen molar-refractivity contribution < 1.29 is 5.11 Å². The van der Waals surface area contributed by atoms with Crippen molar-refractivity contribution in [2.45, 2.75) is 0 Å². The summed E-state index contributed by atoms with van der Waals surface area (Å²) >= 11 is 0. The number of hydrogen-bond donors (Lipinski definition) is 1. The average molecular weight is 219 g/mol. The molecule has 2 aromatic carbocycles. The van der Waals surface area contributed by atoms with Gasteiger partial charge in [0.25, 0.3) is 0 Å². The van der Waals surface area contributed by atoms with Crippen molar-refractivity contribution in [3.8, 4) is 24.0 Å². The van der Waals surface area contributed by atoms with Gasteiger partial charge in [0, 0.05) is 10.8 Å². The van der Waals surface area contributed by atoms with Gasteiger partial charge in [0.2, 0.25) is 0 Å². The number of aromatic hydroxyl groups is 1. The molecule has 0 bridgehead atoms. The molecule has 0 atom stereocenters. The first-order chi connectivity index (χ1) is 8.22. The van der Waals surface area contributed by atoms with Gasteiger partial charge in [-0.3, -0.25) is 0 Å². The number of hydrogen-bond acceptors (Lipinski definition) is 4. The maximum atomic E-state index is 9.75. The first-order valence-electron chi connectivity index (χ1n) is 4.72. The van der Waals surface area contributed by atoms with Crippen LogP contribution in [0.5, 0.6) is 5.75 Å².